The summed E-state index contributed by atoms with van der Waals surface area (Å²) < 4.78 is 33.9. The van der Waals surface area contributed by atoms with Gasteiger partial charge in [0.15, 0.2) is 0 Å². The van der Waals surface area contributed by atoms with Gasteiger partial charge in [-0.2, -0.15) is 0 Å². The zero-order chi connectivity index (χ0) is 21.0. The summed E-state index contributed by atoms with van der Waals surface area (Å²) in [4.78, 5) is 12.7. The lowest BCUT2D eigenvalue weighted by Crippen LogP contribution is -2.43. The molecule has 1 unspecified atom stereocenters. The van der Waals surface area contributed by atoms with Crippen molar-refractivity contribution in [1.29, 1.82) is 0 Å². The Balaban J connectivity index is 1.85. The Morgan fingerprint density at radius 2 is 1.79 bits per heavy atom. The highest BCUT2D eigenvalue weighted by Crippen LogP contribution is 2.26. The quantitative estimate of drug-likeness (QED) is 0.547. The molecule has 1 atom stereocenters. The van der Waals surface area contributed by atoms with Gasteiger partial charge in [0, 0.05) is 37.3 Å². The summed E-state index contributed by atoms with van der Waals surface area (Å²) in [6.45, 7) is 6.21. The number of rotatable bonds is 7. The number of nitrogens with zero attached hydrogens (tertiary/aromatic N) is 2. The third kappa shape index (κ3) is 4.99. The van der Waals surface area contributed by atoms with E-state index in [2.05, 4.69) is 9.62 Å². The standard InChI is InChI=1S/C20H25N3O5S/c1-15-6-8-17(9-7-15)19(22-10-12-28-13-11-22)14-21-29(26,27)20-5-3-4-18(16(20)2)23(24)25/h3-9,19,21H,10-14H2,1-2H3. The summed E-state index contributed by atoms with van der Waals surface area (Å²) in [5, 5.41) is 11.2. The summed E-state index contributed by atoms with van der Waals surface area (Å²) in [6.07, 6.45) is 0. The fourth-order valence-corrected chi connectivity index (χ4v) is 4.79. The minimum Gasteiger partial charge on any atom is -0.379 e. The van der Waals surface area contributed by atoms with E-state index in [1.165, 1.54) is 25.1 Å². The van der Waals surface area contributed by atoms with Gasteiger partial charge in [0.05, 0.1) is 23.0 Å². The molecular formula is C20H25N3O5S. The molecule has 0 saturated carbocycles. The summed E-state index contributed by atoms with van der Waals surface area (Å²) in [5.74, 6) is 0. The third-order valence-electron chi connectivity index (χ3n) is 5.16. The normalized spacial score (nSPS) is 16.5. The molecule has 1 fully saturated rings. The van der Waals surface area contributed by atoms with E-state index in [1.807, 2.05) is 31.2 Å². The second kappa shape index (κ2) is 9.00. The second-order valence-corrected chi connectivity index (χ2v) is 8.82. The van der Waals surface area contributed by atoms with E-state index in [0.29, 0.717) is 26.3 Å². The molecule has 0 amide bonds. The molecule has 0 aliphatic carbocycles. The van der Waals surface area contributed by atoms with Crippen LogP contribution in [0, 0.1) is 24.0 Å². The highest BCUT2D eigenvalue weighted by atomic mass is 32.2. The molecule has 0 bridgehead atoms. The number of benzene rings is 2. The van der Waals surface area contributed by atoms with Gasteiger partial charge in [0.2, 0.25) is 10.0 Å². The molecule has 29 heavy (non-hydrogen) atoms. The van der Waals surface area contributed by atoms with Crippen molar-refractivity contribution in [2.75, 3.05) is 32.8 Å². The van der Waals surface area contributed by atoms with Crippen LogP contribution in [0.3, 0.4) is 0 Å². The average Bonchev–Trinajstić information content (AvgIpc) is 2.70. The van der Waals surface area contributed by atoms with E-state index < -0.39 is 14.9 Å². The topological polar surface area (TPSA) is 102 Å². The molecule has 0 spiro atoms. The summed E-state index contributed by atoms with van der Waals surface area (Å²) in [7, 11) is -3.91. The van der Waals surface area contributed by atoms with Crippen molar-refractivity contribution in [2.24, 2.45) is 0 Å². The van der Waals surface area contributed by atoms with Gasteiger partial charge >= 0.3 is 0 Å². The lowest BCUT2D eigenvalue weighted by atomic mass is 10.0. The van der Waals surface area contributed by atoms with Crippen LogP contribution in [-0.2, 0) is 14.8 Å². The van der Waals surface area contributed by atoms with Crippen molar-refractivity contribution in [3.63, 3.8) is 0 Å². The van der Waals surface area contributed by atoms with Crippen molar-refractivity contribution in [3.8, 4) is 0 Å². The molecule has 0 aromatic heterocycles. The first-order valence-electron chi connectivity index (χ1n) is 9.41. The first-order valence-corrected chi connectivity index (χ1v) is 10.9. The molecular weight excluding hydrogens is 394 g/mol. The van der Waals surface area contributed by atoms with E-state index in [-0.39, 0.29) is 28.7 Å². The van der Waals surface area contributed by atoms with Crippen LogP contribution in [0.15, 0.2) is 47.4 Å². The van der Waals surface area contributed by atoms with Gasteiger partial charge in [-0.25, -0.2) is 13.1 Å². The maximum absolute atomic E-state index is 12.9. The van der Waals surface area contributed by atoms with Crippen LogP contribution in [0.2, 0.25) is 0 Å². The van der Waals surface area contributed by atoms with Crippen LogP contribution in [0.4, 0.5) is 5.69 Å². The van der Waals surface area contributed by atoms with E-state index in [9.17, 15) is 18.5 Å². The van der Waals surface area contributed by atoms with E-state index in [4.69, 9.17) is 4.74 Å². The number of sulfonamides is 1. The maximum atomic E-state index is 12.9. The number of nitrogens with one attached hydrogen (secondary N) is 1. The molecule has 1 N–H and O–H groups in total. The van der Waals surface area contributed by atoms with Gasteiger partial charge in [0.25, 0.3) is 5.69 Å². The fourth-order valence-electron chi connectivity index (χ4n) is 3.49. The van der Waals surface area contributed by atoms with Gasteiger partial charge in [-0.3, -0.25) is 15.0 Å². The van der Waals surface area contributed by atoms with Crippen molar-refractivity contribution < 1.29 is 18.1 Å². The first-order chi connectivity index (χ1) is 13.8. The molecule has 1 saturated heterocycles. The summed E-state index contributed by atoms with van der Waals surface area (Å²) in [6, 6.07) is 11.9. The number of nitro benzene ring substituents is 1. The molecule has 2 aromatic rings. The average molecular weight is 420 g/mol. The van der Waals surface area contributed by atoms with Crippen LogP contribution < -0.4 is 4.72 Å². The van der Waals surface area contributed by atoms with Gasteiger partial charge < -0.3 is 4.74 Å². The molecule has 9 heteroatoms. The predicted molar refractivity (Wildman–Crippen MR) is 109 cm³/mol. The largest absolute Gasteiger partial charge is 0.379 e. The minimum absolute atomic E-state index is 0.0728. The minimum atomic E-state index is -3.91. The first kappa shape index (κ1) is 21.4. The molecule has 1 aliphatic heterocycles. The number of nitro groups is 1. The number of hydrogen-bond donors (Lipinski definition) is 1. The van der Waals surface area contributed by atoms with Gasteiger partial charge in [-0.15, -0.1) is 0 Å². The van der Waals surface area contributed by atoms with E-state index in [0.717, 1.165) is 11.1 Å². The number of hydrogen-bond acceptors (Lipinski definition) is 6. The summed E-state index contributed by atoms with van der Waals surface area (Å²) >= 11 is 0. The molecule has 0 radical (unpaired) electrons. The summed E-state index contributed by atoms with van der Waals surface area (Å²) in [5.41, 5.74) is 2.05. The number of morpholine rings is 1. The molecule has 1 heterocycles. The van der Waals surface area contributed by atoms with Crippen LogP contribution in [-0.4, -0.2) is 51.1 Å². The van der Waals surface area contributed by atoms with Crippen LogP contribution >= 0.6 is 0 Å². The van der Waals surface area contributed by atoms with Gasteiger partial charge in [-0.05, 0) is 25.5 Å². The Morgan fingerprint density at radius 1 is 1.14 bits per heavy atom. The lowest BCUT2D eigenvalue weighted by molar-refractivity contribution is -0.385. The highest BCUT2D eigenvalue weighted by molar-refractivity contribution is 7.89. The predicted octanol–water partition coefficient (Wildman–Crippen LogP) is 2.56. The Hall–Kier alpha value is -2.33. The van der Waals surface area contributed by atoms with Gasteiger partial charge in [0.1, 0.15) is 0 Å². The maximum Gasteiger partial charge on any atom is 0.273 e. The Morgan fingerprint density at radius 3 is 2.41 bits per heavy atom. The zero-order valence-electron chi connectivity index (χ0n) is 16.5. The smallest absolute Gasteiger partial charge is 0.273 e. The SMILES string of the molecule is Cc1ccc(C(CNS(=O)(=O)c2cccc([N+](=O)[O-])c2C)N2CCOCC2)cc1. The molecule has 2 aromatic carbocycles. The van der Waals surface area contributed by atoms with Crippen LogP contribution in [0.25, 0.3) is 0 Å². The van der Waals surface area contributed by atoms with Crippen LogP contribution in [0.5, 0.6) is 0 Å². The van der Waals surface area contributed by atoms with E-state index in [1.54, 1.807) is 0 Å². The third-order valence-corrected chi connectivity index (χ3v) is 6.72. The van der Waals surface area contributed by atoms with Crippen LogP contribution in [0.1, 0.15) is 22.7 Å². The second-order valence-electron chi connectivity index (χ2n) is 7.08. The zero-order valence-corrected chi connectivity index (χ0v) is 17.3. The van der Waals surface area contributed by atoms with Gasteiger partial charge in [-0.1, -0.05) is 35.9 Å². The lowest BCUT2D eigenvalue weighted by Gasteiger charge is -2.35. The molecule has 8 nitrogen and oxygen atoms in total. The van der Waals surface area contributed by atoms with Crippen molar-refractivity contribution >= 4 is 15.7 Å². The van der Waals surface area contributed by atoms with Crippen molar-refractivity contribution in [1.82, 2.24) is 9.62 Å². The highest BCUT2D eigenvalue weighted by Gasteiger charge is 2.27. The Kier molecular flexibility index (Phi) is 6.63. The monoisotopic (exact) mass is 419 g/mol. The Bertz CT molecular complexity index is 970. The number of ether oxygens (including phenoxy) is 1. The van der Waals surface area contributed by atoms with Crippen molar-refractivity contribution in [2.45, 2.75) is 24.8 Å². The molecule has 156 valence electrons. The van der Waals surface area contributed by atoms with Crippen molar-refractivity contribution in [3.05, 3.63) is 69.3 Å². The molecule has 1 aliphatic rings. The number of aryl methyl sites for hydroxylation is 1. The Labute approximate surface area is 170 Å². The van der Waals surface area contributed by atoms with E-state index >= 15 is 0 Å². The molecule has 3 rings (SSSR count). The fraction of sp³-hybridized carbons (Fsp3) is 0.400.